The zero-order chi connectivity index (χ0) is 13.3. The van der Waals surface area contributed by atoms with Crippen molar-refractivity contribution in [3.63, 3.8) is 0 Å². The molecular formula is C14H18O4. The molecule has 0 spiro atoms. The molecule has 2 rings (SSSR count). The van der Waals surface area contributed by atoms with E-state index in [1.165, 1.54) is 7.11 Å². The van der Waals surface area contributed by atoms with Crippen molar-refractivity contribution in [1.82, 2.24) is 0 Å². The molecule has 0 saturated heterocycles. The number of phenols is 1. The lowest BCUT2D eigenvalue weighted by Gasteiger charge is -2.18. The molecule has 0 unspecified atom stereocenters. The number of methoxy groups -OCH3 is 1. The third kappa shape index (κ3) is 2.15. The number of carboxylic acid groups (broad SMARTS) is 1. The number of carboxylic acids is 1. The molecule has 0 aromatic heterocycles. The van der Waals surface area contributed by atoms with Gasteiger partial charge >= 0.3 is 5.97 Å². The van der Waals surface area contributed by atoms with Crippen molar-refractivity contribution in [3.8, 4) is 11.5 Å². The molecule has 1 saturated carbocycles. The molecule has 1 fully saturated rings. The highest BCUT2D eigenvalue weighted by Crippen LogP contribution is 2.55. The van der Waals surface area contributed by atoms with Gasteiger partial charge in [0.2, 0.25) is 0 Å². The summed E-state index contributed by atoms with van der Waals surface area (Å²) in [5, 5.41) is 19.2. The molecule has 4 heteroatoms. The summed E-state index contributed by atoms with van der Waals surface area (Å²) < 4.78 is 5.16. The number of hydrogen-bond donors (Lipinski definition) is 2. The SMILES string of the molecule is CCc1cc(OC)c(O)c(C2(CC(=O)O)CC2)c1. The minimum absolute atomic E-state index is 0.0664. The normalized spacial score (nSPS) is 16.3. The lowest BCUT2D eigenvalue weighted by atomic mass is 9.89. The quantitative estimate of drug-likeness (QED) is 0.842. The van der Waals surface area contributed by atoms with Crippen LogP contribution >= 0.6 is 0 Å². The fourth-order valence-electron chi connectivity index (χ4n) is 2.41. The van der Waals surface area contributed by atoms with Gasteiger partial charge in [0.15, 0.2) is 11.5 Å². The maximum absolute atomic E-state index is 10.9. The van der Waals surface area contributed by atoms with Crippen molar-refractivity contribution in [1.29, 1.82) is 0 Å². The Balaban J connectivity index is 2.46. The molecule has 2 N–H and O–H groups in total. The topological polar surface area (TPSA) is 66.8 Å². The lowest BCUT2D eigenvalue weighted by Crippen LogP contribution is -2.13. The van der Waals surface area contributed by atoms with Gasteiger partial charge in [-0.25, -0.2) is 0 Å². The monoisotopic (exact) mass is 250 g/mol. The van der Waals surface area contributed by atoms with Gasteiger partial charge in [-0.2, -0.15) is 0 Å². The highest BCUT2D eigenvalue weighted by Gasteiger charge is 2.48. The first-order valence-electron chi connectivity index (χ1n) is 6.14. The summed E-state index contributed by atoms with van der Waals surface area (Å²) in [7, 11) is 1.51. The molecule has 1 aliphatic carbocycles. The molecular weight excluding hydrogens is 232 g/mol. The van der Waals surface area contributed by atoms with Crippen LogP contribution in [-0.2, 0) is 16.6 Å². The second kappa shape index (κ2) is 4.52. The third-order valence-corrected chi connectivity index (χ3v) is 3.68. The van der Waals surface area contributed by atoms with Crippen LogP contribution in [0.3, 0.4) is 0 Å². The molecule has 4 nitrogen and oxygen atoms in total. The van der Waals surface area contributed by atoms with Gasteiger partial charge in [0, 0.05) is 11.0 Å². The van der Waals surface area contributed by atoms with Crippen LogP contribution in [0.1, 0.15) is 37.3 Å². The zero-order valence-electron chi connectivity index (χ0n) is 10.7. The lowest BCUT2D eigenvalue weighted by molar-refractivity contribution is -0.137. The van der Waals surface area contributed by atoms with Gasteiger partial charge < -0.3 is 14.9 Å². The van der Waals surface area contributed by atoms with Gasteiger partial charge in [-0.15, -0.1) is 0 Å². The molecule has 0 aliphatic heterocycles. The van der Waals surface area contributed by atoms with Gasteiger partial charge in [0.1, 0.15) is 0 Å². The molecule has 1 aromatic rings. The minimum atomic E-state index is -0.826. The van der Waals surface area contributed by atoms with Gasteiger partial charge in [-0.3, -0.25) is 4.79 Å². The number of rotatable bonds is 5. The van der Waals surface area contributed by atoms with Gasteiger partial charge in [-0.1, -0.05) is 13.0 Å². The average Bonchev–Trinajstić information content (AvgIpc) is 3.09. The number of benzene rings is 1. The van der Waals surface area contributed by atoms with Crippen LogP contribution in [0.15, 0.2) is 12.1 Å². The molecule has 1 aromatic carbocycles. The number of carbonyl (C=O) groups is 1. The van der Waals surface area contributed by atoms with Crippen molar-refractivity contribution in [3.05, 3.63) is 23.3 Å². The molecule has 18 heavy (non-hydrogen) atoms. The first kappa shape index (κ1) is 12.7. The molecule has 0 heterocycles. The smallest absolute Gasteiger partial charge is 0.304 e. The Hall–Kier alpha value is -1.71. The summed E-state index contributed by atoms with van der Waals surface area (Å²) in [4.78, 5) is 10.9. The summed E-state index contributed by atoms with van der Waals surface area (Å²) in [5.74, 6) is -0.303. The van der Waals surface area contributed by atoms with Crippen LogP contribution in [0.2, 0.25) is 0 Å². The molecule has 98 valence electrons. The Morgan fingerprint density at radius 1 is 1.44 bits per heavy atom. The number of aromatic hydroxyl groups is 1. The zero-order valence-corrected chi connectivity index (χ0v) is 10.7. The highest BCUT2D eigenvalue weighted by atomic mass is 16.5. The van der Waals surface area contributed by atoms with E-state index in [4.69, 9.17) is 9.84 Å². The number of phenolic OH excluding ortho intramolecular Hbond substituents is 1. The predicted octanol–water partition coefficient (Wildman–Crippen LogP) is 2.47. The van der Waals surface area contributed by atoms with Crippen LogP contribution in [0, 0.1) is 0 Å². The molecule has 0 atom stereocenters. The van der Waals surface area contributed by atoms with Crippen molar-refractivity contribution in [2.75, 3.05) is 7.11 Å². The third-order valence-electron chi connectivity index (χ3n) is 3.68. The second-order valence-electron chi connectivity index (χ2n) is 4.90. The van der Waals surface area contributed by atoms with E-state index in [-0.39, 0.29) is 12.2 Å². The summed E-state index contributed by atoms with van der Waals surface area (Å²) in [5.41, 5.74) is 1.38. The van der Waals surface area contributed by atoms with E-state index in [2.05, 4.69) is 0 Å². The Kier molecular flexibility index (Phi) is 3.20. The van der Waals surface area contributed by atoms with E-state index < -0.39 is 11.4 Å². The van der Waals surface area contributed by atoms with E-state index in [0.717, 1.165) is 30.4 Å². The molecule has 0 radical (unpaired) electrons. The molecule has 0 bridgehead atoms. The highest BCUT2D eigenvalue weighted by molar-refractivity contribution is 5.71. The fraction of sp³-hybridized carbons (Fsp3) is 0.500. The number of hydrogen-bond acceptors (Lipinski definition) is 3. The Morgan fingerprint density at radius 2 is 2.11 bits per heavy atom. The van der Waals surface area contributed by atoms with Crippen molar-refractivity contribution in [2.24, 2.45) is 0 Å². The van der Waals surface area contributed by atoms with E-state index in [1.54, 1.807) is 6.07 Å². The van der Waals surface area contributed by atoms with E-state index in [9.17, 15) is 9.90 Å². The fourth-order valence-corrected chi connectivity index (χ4v) is 2.41. The van der Waals surface area contributed by atoms with E-state index in [1.807, 2.05) is 13.0 Å². The summed E-state index contributed by atoms with van der Waals surface area (Å²) in [6.45, 7) is 2.02. The van der Waals surface area contributed by atoms with E-state index >= 15 is 0 Å². The van der Waals surface area contributed by atoms with E-state index in [0.29, 0.717) is 5.75 Å². The standard InChI is InChI=1S/C14H18O4/c1-3-9-6-10(13(17)11(7-9)18-2)14(4-5-14)8-12(15)16/h6-7,17H,3-5,8H2,1-2H3,(H,15,16). The van der Waals surface area contributed by atoms with Crippen LogP contribution < -0.4 is 4.74 Å². The van der Waals surface area contributed by atoms with Crippen molar-refractivity contribution >= 4 is 5.97 Å². The second-order valence-corrected chi connectivity index (χ2v) is 4.90. The van der Waals surface area contributed by atoms with Crippen molar-refractivity contribution in [2.45, 2.75) is 38.0 Å². The van der Waals surface area contributed by atoms with Gasteiger partial charge in [0.25, 0.3) is 0 Å². The summed E-state index contributed by atoms with van der Waals surface area (Å²) >= 11 is 0. The van der Waals surface area contributed by atoms with Crippen LogP contribution in [0.4, 0.5) is 0 Å². The minimum Gasteiger partial charge on any atom is -0.504 e. The summed E-state index contributed by atoms with van der Waals surface area (Å²) in [6, 6.07) is 3.71. The Labute approximate surface area is 106 Å². The Morgan fingerprint density at radius 3 is 2.56 bits per heavy atom. The van der Waals surface area contributed by atoms with Crippen LogP contribution in [-0.4, -0.2) is 23.3 Å². The maximum Gasteiger partial charge on any atom is 0.304 e. The largest absolute Gasteiger partial charge is 0.504 e. The Bertz CT molecular complexity index is 475. The number of ether oxygens (including phenoxy) is 1. The first-order chi connectivity index (χ1) is 8.52. The average molecular weight is 250 g/mol. The number of aryl methyl sites for hydroxylation is 1. The van der Waals surface area contributed by atoms with Crippen LogP contribution in [0.25, 0.3) is 0 Å². The number of aliphatic carboxylic acids is 1. The van der Waals surface area contributed by atoms with Gasteiger partial charge in [0.05, 0.1) is 13.5 Å². The molecule has 1 aliphatic rings. The van der Waals surface area contributed by atoms with Crippen molar-refractivity contribution < 1.29 is 19.7 Å². The maximum atomic E-state index is 10.9. The van der Waals surface area contributed by atoms with Gasteiger partial charge in [-0.05, 0) is 30.9 Å². The molecule has 0 amide bonds. The predicted molar refractivity (Wildman–Crippen MR) is 67.2 cm³/mol. The first-order valence-corrected chi connectivity index (χ1v) is 6.14. The van der Waals surface area contributed by atoms with Crippen LogP contribution in [0.5, 0.6) is 11.5 Å². The summed E-state index contributed by atoms with van der Waals surface area (Å²) in [6.07, 6.45) is 2.51.